The van der Waals surface area contributed by atoms with E-state index in [4.69, 9.17) is 4.42 Å². The number of rotatable bonds is 5. The van der Waals surface area contributed by atoms with Crippen LogP contribution in [0.5, 0.6) is 0 Å². The van der Waals surface area contributed by atoms with Crippen LogP contribution in [0.15, 0.2) is 88.6 Å². The molecule has 4 heteroatoms. The Balaban J connectivity index is 1.82. The minimum absolute atomic E-state index is 0.0392. The van der Waals surface area contributed by atoms with Crippen LogP contribution in [0.2, 0.25) is 0 Å². The maximum atomic E-state index is 12.6. The Labute approximate surface area is 155 Å². The summed E-state index contributed by atoms with van der Waals surface area (Å²) in [6.45, 7) is 4.36. The van der Waals surface area contributed by atoms with Gasteiger partial charge in [-0.3, -0.25) is 4.79 Å². The monoisotopic (exact) mass is 355 g/mol. The number of hydrogen-bond donors (Lipinski definition) is 1. The van der Waals surface area contributed by atoms with Gasteiger partial charge in [0.1, 0.15) is 11.1 Å². The molecule has 4 nitrogen and oxygen atoms in total. The van der Waals surface area contributed by atoms with E-state index in [9.17, 15) is 9.59 Å². The maximum absolute atomic E-state index is 12.6. The lowest BCUT2D eigenvalue weighted by atomic mass is 10.0. The summed E-state index contributed by atoms with van der Waals surface area (Å²) in [5, 5.41) is 5.89. The second kappa shape index (κ2) is 6.92. The van der Waals surface area contributed by atoms with Crippen LogP contribution in [0.4, 0.5) is 5.69 Å². The third-order valence-electron chi connectivity index (χ3n) is 4.42. The zero-order valence-electron chi connectivity index (χ0n) is 14.6. The van der Waals surface area contributed by atoms with E-state index in [1.807, 2.05) is 36.4 Å². The number of anilines is 1. The van der Waals surface area contributed by atoms with E-state index < -0.39 is 5.63 Å². The van der Waals surface area contributed by atoms with Gasteiger partial charge in [0.05, 0.1) is 0 Å². The lowest BCUT2D eigenvalue weighted by Gasteiger charge is -2.07. The second-order valence-corrected chi connectivity index (χ2v) is 6.26. The molecule has 0 spiro atoms. The molecule has 1 heterocycles. The van der Waals surface area contributed by atoms with Gasteiger partial charge in [0.15, 0.2) is 5.78 Å². The molecule has 0 radical (unpaired) electrons. The van der Waals surface area contributed by atoms with Gasteiger partial charge in [-0.05, 0) is 41.1 Å². The molecule has 0 aliphatic rings. The van der Waals surface area contributed by atoms with Crippen LogP contribution < -0.4 is 10.9 Å². The summed E-state index contributed by atoms with van der Waals surface area (Å²) in [6.07, 6.45) is 1.79. The van der Waals surface area contributed by atoms with Crippen LogP contribution in [-0.2, 0) is 0 Å². The summed E-state index contributed by atoms with van der Waals surface area (Å²) in [5.74, 6) is -0.338. The summed E-state index contributed by atoms with van der Waals surface area (Å²) in [7, 11) is 0. The van der Waals surface area contributed by atoms with Gasteiger partial charge in [-0.1, -0.05) is 42.5 Å². The van der Waals surface area contributed by atoms with Crippen LogP contribution >= 0.6 is 0 Å². The van der Waals surface area contributed by atoms with Crippen molar-refractivity contribution in [2.24, 2.45) is 0 Å². The van der Waals surface area contributed by atoms with E-state index >= 15 is 0 Å². The molecule has 0 aliphatic carbocycles. The first-order valence-electron chi connectivity index (χ1n) is 8.62. The molecule has 0 unspecified atom stereocenters. The number of carbonyl (C=O) groups is 1. The number of benzene rings is 3. The minimum atomic E-state index is -0.628. The topological polar surface area (TPSA) is 59.3 Å². The van der Waals surface area contributed by atoms with Crippen molar-refractivity contribution in [2.75, 3.05) is 11.9 Å². The number of fused-ring (bicyclic) bond motifs is 2. The molecule has 0 aliphatic heterocycles. The number of ketones is 1. The smallest absolute Gasteiger partial charge is 0.347 e. The molecular weight excluding hydrogens is 338 g/mol. The van der Waals surface area contributed by atoms with Crippen molar-refractivity contribution in [1.82, 2.24) is 0 Å². The molecule has 0 atom stereocenters. The van der Waals surface area contributed by atoms with E-state index in [0.29, 0.717) is 23.1 Å². The second-order valence-electron chi connectivity index (χ2n) is 6.26. The summed E-state index contributed by atoms with van der Waals surface area (Å²) >= 11 is 0. The summed E-state index contributed by atoms with van der Waals surface area (Å²) < 4.78 is 5.45. The zero-order valence-corrected chi connectivity index (χ0v) is 14.6. The van der Waals surface area contributed by atoms with E-state index in [2.05, 4.69) is 11.9 Å². The minimum Gasteiger partial charge on any atom is -0.422 e. The molecule has 132 valence electrons. The predicted octanol–water partition coefficient (Wildman–Crippen LogP) is 4.78. The summed E-state index contributed by atoms with van der Waals surface area (Å²) in [4.78, 5) is 25.0. The molecule has 0 saturated carbocycles. The first-order valence-corrected chi connectivity index (χ1v) is 8.62. The van der Waals surface area contributed by atoms with Gasteiger partial charge in [0, 0.05) is 23.2 Å². The Kier molecular flexibility index (Phi) is 4.30. The predicted molar refractivity (Wildman–Crippen MR) is 109 cm³/mol. The molecule has 1 aromatic heterocycles. The third kappa shape index (κ3) is 3.25. The quantitative estimate of drug-likeness (QED) is 0.242. The molecule has 1 N–H and O–H groups in total. The summed E-state index contributed by atoms with van der Waals surface area (Å²) in [6, 6.07) is 20.0. The SMILES string of the molecule is C=CCNc1ccc2cc3cc(C(=O)c4ccccc4)c(=O)oc3cc2c1. The normalized spacial score (nSPS) is 10.8. The summed E-state index contributed by atoms with van der Waals surface area (Å²) in [5.41, 5.74) is 1.29. The average molecular weight is 355 g/mol. The molecule has 4 aromatic rings. The van der Waals surface area contributed by atoms with Crippen LogP contribution in [0, 0.1) is 0 Å². The van der Waals surface area contributed by atoms with Gasteiger partial charge in [-0.2, -0.15) is 0 Å². The molecule has 0 saturated heterocycles. The van der Waals surface area contributed by atoms with Gasteiger partial charge < -0.3 is 9.73 Å². The highest BCUT2D eigenvalue weighted by atomic mass is 16.4. The molecule has 27 heavy (non-hydrogen) atoms. The Bertz CT molecular complexity index is 1220. The maximum Gasteiger partial charge on any atom is 0.347 e. The lowest BCUT2D eigenvalue weighted by Crippen LogP contribution is -2.14. The standard InChI is InChI=1S/C23H17NO3/c1-2-10-24-19-9-8-16-11-18-13-20(22(25)15-6-4-3-5-7-15)23(26)27-21(18)14-17(16)12-19/h2-9,11-14,24H,1,10H2. The number of carbonyl (C=O) groups excluding carboxylic acids is 1. The molecule has 0 bridgehead atoms. The van der Waals surface area contributed by atoms with Crippen LogP contribution in [0.1, 0.15) is 15.9 Å². The molecule has 4 rings (SSSR count). The largest absolute Gasteiger partial charge is 0.422 e. The number of nitrogens with one attached hydrogen (secondary N) is 1. The Morgan fingerprint density at radius 1 is 0.963 bits per heavy atom. The molecule has 0 amide bonds. The van der Waals surface area contributed by atoms with Gasteiger partial charge in [0.2, 0.25) is 0 Å². The highest BCUT2D eigenvalue weighted by Gasteiger charge is 2.16. The lowest BCUT2D eigenvalue weighted by molar-refractivity contribution is 0.103. The van der Waals surface area contributed by atoms with Gasteiger partial charge in [0.25, 0.3) is 0 Å². The molecule has 3 aromatic carbocycles. The van der Waals surface area contributed by atoms with Crippen molar-refractivity contribution < 1.29 is 9.21 Å². The third-order valence-corrected chi connectivity index (χ3v) is 4.42. The fraction of sp³-hybridized carbons (Fsp3) is 0.0435. The fourth-order valence-corrected chi connectivity index (χ4v) is 3.07. The van der Waals surface area contributed by atoms with Gasteiger partial charge >= 0.3 is 5.63 Å². The van der Waals surface area contributed by atoms with Crippen LogP contribution in [-0.4, -0.2) is 12.3 Å². The van der Waals surface area contributed by atoms with Crippen molar-refractivity contribution in [3.8, 4) is 0 Å². The number of hydrogen-bond acceptors (Lipinski definition) is 4. The van der Waals surface area contributed by atoms with E-state index in [-0.39, 0.29) is 11.3 Å². The van der Waals surface area contributed by atoms with Crippen molar-refractivity contribution in [1.29, 1.82) is 0 Å². The fourth-order valence-electron chi connectivity index (χ4n) is 3.07. The Morgan fingerprint density at radius 2 is 1.78 bits per heavy atom. The van der Waals surface area contributed by atoms with Crippen molar-refractivity contribution in [3.05, 3.63) is 101 Å². The zero-order chi connectivity index (χ0) is 18.8. The van der Waals surface area contributed by atoms with Crippen molar-refractivity contribution in [2.45, 2.75) is 0 Å². The van der Waals surface area contributed by atoms with Crippen molar-refractivity contribution >= 4 is 33.2 Å². The van der Waals surface area contributed by atoms with Crippen LogP contribution in [0.3, 0.4) is 0 Å². The first kappa shape index (κ1) is 16.8. The van der Waals surface area contributed by atoms with E-state index in [0.717, 1.165) is 16.5 Å². The molecular formula is C23H17NO3. The highest BCUT2D eigenvalue weighted by Crippen LogP contribution is 2.25. The van der Waals surface area contributed by atoms with E-state index in [1.165, 1.54) is 0 Å². The Hall–Kier alpha value is -3.66. The Morgan fingerprint density at radius 3 is 2.56 bits per heavy atom. The van der Waals surface area contributed by atoms with Crippen molar-refractivity contribution in [3.63, 3.8) is 0 Å². The van der Waals surface area contributed by atoms with Crippen LogP contribution in [0.25, 0.3) is 21.7 Å². The van der Waals surface area contributed by atoms with Gasteiger partial charge in [-0.15, -0.1) is 6.58 Å². The first-order chi connectivity index (χ1) is 13.2. The highest BCUT2D eigenvalue weighted by molar-refractivity contribution is 6.10. The average Bonchev–Trinajstić information content (AvgIpc) is 2.70. The van der Waals surface area contributed by atoms with E-state index in [1.54, 1.807) is 36.4 Å². The van der Waals surface area contributed by atoms with Gasteiger partial charge in [-0.25, -0.2) is 4.79 Å². The molecule has 0 fully saturated rings.